The quantitative estimate of drug-likeness (QED) is 0.0972. The largest absolute Gasteiger partial charge is 0.459 e. The van der Waals surface area contributed by atoms with E-state index in [4.69, 9.17) is 37.3 Å². The second-order valence-corrected chi connectivity index (χ2v) is 16.2. The maximum Gasteiger partial charge on any atom is 0.425 e. The second kappa shape index (κ2) is 21.4. The molecule has 4 aromatic carbocycles. The molecule has 3 heterocycles. The minimum Gasteiger partial charge on any atom is -0.459 e. The lowest BCUT2D eigenvalue weighted by Gasteiger charge is -2.43. The van der Waals surface area contributed by atoms with Crippen molar-refractivity contribution in [3.8, 4) is 0 Å². The first-order valence-corrected chi connectivity index (χ1v) is 21.7. The Kier molecular flexibility index (Phi) is 15.2. The van der Waals surface area contributed by atoms with Crippen molar-refractivity contribution in [3.63, 3.8) is 0 Å². The second-order valence-electron chi connectivity index (χ2n) is 14.8. The molecule has 0 aliphatic carbocycles. The molecule has 3 aliphatic heterocycles. The number of aliphatic hydroxyl groups is 2. The lowest BCUT2D eigenvalue weighted by molar-refractivity contribution is -0.282. The summed E-state index contributed by atoms with van der Waals surface area (Å²) in [4.78, 5) is 92.9. The SMILES string of the molecule is O=C1CCN([C@@H]2O[C@H](COS(=O)(=O)NC(=O)O[C@H]3O[C@H](COC(=O)c4ccccc4)[C@@H](OC(=O)c4ccccc4)[C@H](OC(=O)c4ccccc4)[C@H]3OC(=O)c3ccccc3)[C@@H](O)[C@H]2O)C(=O)N1. The fraction of sp³-hybridized carbons (Fsp3) is 0.295. The molecule has 7 rings (SSSR count). The first kappa shape index (κ1) is 47.7. The third kappa shape index (κ3) is 12.0. The minimum atomic E-state index is -5.22. The van der Waals surface area contributed by atoms with E-state index >= 15 is 0 Å². The Morgan fingerprint density at radius 3 is 1.60 bits per heavy atom. The van der Waals surface area contributed by atoms with Crippen molar-refractivity contribution in [1.29, 1.82) is 0 Å². The van der Waals surface area contributed by atoms with Crippen molar-refractivity contribution in [3.05, 3.63) is 144 Å². The van der Waals surface area contributed by atoms with Gasteiger partial charge in [-0.3, -0.25) is 19.2 Å². The van der Waals surface area contributed by atoms with E-state index in [0.717, 1.165) is 4.90 Å². The van der Waals surface area contributed by atoms with Gasteiger partial charge in [0, 0.05) is 13.0 Å². The van der Waals surface area contributed by atoms with Gasteiger partial charge < -0.3 is 43.4 Å². The molecule has 352 valence electrons. The van der Waals surface area contributed by atoms with E-state index in [2.05, 4.69) is 0 Å². The Morgan fingerprint density at radius 2 is 1.09 bits per heavy atom. The number of amides is 4. The number of hydrogen-bond donors (Lipinski definition) is 4. The van der Waals surface area contributed by atoms with E-state index < -0.39 is 121 Å². The monoisotopic (exact) mass is 947 g/mol. The molecule has 0 saturated carbocycles. The van der Waals surface area contributed by atoms with Crippen molar-refractivity contribution < 1.29 is 89.5 Å². The summed E-state index contributed by atoms with van der Waals surface area (Å²) >= 11 is 0. The molecule has 0 spiro atoms. The lowest BCUT2D eigenvalue weighted by Crippen LogP contribution is -2.63. The number of hydrogen-bond acceptors (Lipinski definition) is 19. The standard InChI is InChI=1S/C44H41N3O19S/c48-31-21-22-47(43(55)45-31)37-33(50)32(49)29(61-37)24-60-67(57,58)46-44(56)66-42-36(65-41(54)28-19-11-4-12-20-28)35(64-40(53)27-17-9-3-10-18-27)34(63-39(52)26-15-7-2-8-16-26)30(62-42)23-59-38(51)25-13-5-1-6-14-25/h1-20,29-30,32-37,42,49-50H,21-24H2,(H,46,56)(H,45,48,55)/t29-,30-,32-,33-,34-,35+,36-,37-,42-/m1/s1. The molecular weight excluding hydrogens is 907 g/mol. The van der Waals surface area contributed by atoms with Crippen LogP contribution in [-0.2, 0) is 52.4 Å². The summed E-state index contributed by atoms with van der Waals surface area (Å²) < 4.78 is 72.7. The van der Waals surface area contributed by atoms with Gasteiger partial charge in [-0.2, -0.15) is 13.1 Å². The molecular formula is C44H41N3O19S. The number of nitrogens with zero attached hydrogens (tertiary/aromatic N) is 1. The number of urea groups is 1. The van der Waals surface area contributed by atoms with E-state index in [1.54, 1.807) is 36.4 Å². The number of esters is 4. The highest BCUT2D eigenvalue weighted by atomic mass is 32.2. The van der Waals surface area contributed by atoms with Crippen molar-refractivity contribution in [2.24, 2.45) is 0 Å². The summed E-state index contributed by atoms with van der Waals surface area (Å²) in [5.41, 5.74) is -0.00956. The third-order valence-corrected chi connectivity index (χ3v) is 11.2. The normalized spacial score (nSPS) is 24.9. The molecule has 4 amide bonds. The van der Waals surface area contributed by atoms with Crippen LogP contribution in [0.3, 0.4) is 0 Å². The predicted molar refractivity (Wildman–Crippen MR) is 222 cm³/mol. The highest BCUT2D eigenvalue weighted by Gasteiger charge is 2.55. The molecule has 4 aromatic rings. The maximum atomic E-state index is 13.8. The van der Waals surface area contributed by atoms with Gasteiger partial charge in [0.25, 0.3) is 0 Å². The van der Waals surface area contributed by atoms with E-state index in [0.29, 0.717) is 0 Å². The molecule has 4 N–H and O–H groups in total. The number of ether oxygens (including phenoxy) is 7. The summed E-state index contributed by atoms with van der Waals surface area (Å²) in [5.74, 6) is -4.66. The van der Waals surface area contributed by atoms with E-state index in [9.17, 15) is 52.2 Å². The summed E-state index contributed by atoms with van der Waals surface area (Å²) in [6.45, 7) is -2.03. The molecule has 67 heavy (non-hydrogen) atoms. The summed E-state index contributed by atoms with van der Waals surface area (Å²) in [6, 6.07) is 28.9. The van der Waals surface area contributed by atoms with Gasteiger partial charge in [-0.15, -0.1) is 0 Å². The number of carbonyl (C=O) groups is 7. The van der Waals surface area contributed by atoms with Gasteiger partial charge >= 0.3 is 46.3 Å². The van der Waals surface area contributed by atoms with Gasteiger partial charge in [-0.25, -0.2) is 28.8 Å². The molecule has 3 fully saturated rings. The summed E-state index contributed by atoms with van der Waals surface area (Å²) in [6.07, 6.45) is -18.5. The van der Waals surface area contributed by atoms with Gasteiger partial charge in [0.05, 0.1) is 28.9 Å². The fourth-order valence-electron chi connectivity index (χ4n) is 6.98. The number of nitrogens with one attached hydrogen (secondary N) is 2. The number of imide groups is 1. The van der Waals surface area contributed by atoms with Crippen molar-refractivity contribution >= 4 is 52.2 Å². The van der Waals surface area contributed by atoms with Crippen LogP contribution >= 0.6 is 0 Å². The molecule has 0 aromatic heterocycles. The third-order valence-electron chi connectivity index (χ3n) is 10.3. The van der Waals surface area contributed by atoms with Gasteiger partial charge in [-0.1, -0.05) is 72.8 Å². The van der Waals surface area contributed by atoms with Crippen LogP contribution in [0.5, 0.6) is 0 Å². The zero-order chi connectivity index (χ0) is 47.7. The number of benzene rings is 4. The number of carbonyl (C=O) groups excluding carboxylic acids is 7. The molecule has 0 bridgehead atoms. The zero-order valence-corrected chi connectivity index (χ0v) is 35.6. The van der Waals surface area contributed by atoms with E-state index in [1.807, 2.05) is 5.32 Å². The van der Waals surface area contributed by atoms with Crippen LogP contribution in [0.1, 0.15) is 47.9 Å². The molecule has 3 aliphatic rings. The Hall–Kier alpha value is -7.28. The number of aliphatic hydroxyl groups excluding tert-OH is 2. The Labute approximate surface area is 380 Å². The summed E-state index contributed by atoms with van der Waals surface area (Å²) in [7, 11) is -5.22. The van der Waals surface area contributed by atoms with Crippen LogP contribution in [0.4, 0.5) is 9.59 Å². The highest BCUT2D eigenvalue weighted by Crippen LogP contribution is 2.32. The first-order chi connectivity index (χ1) is 32.2. The smallest absolute Gasteiger partial charge is 0.425 e. The van der Waals surface area contributed by atoms with E-state index in [-0.39, 0.29) is 35.2 Å². The van der Waals surface area contributed by atoms with Crippen molar-refractivity contribution in [1.82, 2.24) is 14.9 Å². The van der Waals surface area contributed by atoms with Gasteiger partial charge in [0.15, 0.2) is 18.4 Å². The minimum absolute atomic E-state index is 0.00508. The topological polar surface area (TPSA) is 295 Å². The van der Waals surface area contributed by atoms with E-state index in [1.165, 1.54) is 89.7 Å². The first-order valence-electron chi connectivity index (χ1n) is 20.3. The molecule has 23 heteroatoms. The van der Waals surface area contributed by atoms with Crippen LogP contribution < -0.4 is 10.0 Å². The van der Waals surface area contributed by atoms with Crippen LogP contribution in [0.25, 0.3) is 0 Å². The molecule has 0 unspecified atom stereocenters. The van der Waals surface area contributed by atoms with Crippen molar-refractivity contribution in [2.75, 3.05) is 19.8 Å². The molecule has 0 radical (unpaired) electrons. The lowest BCUT2D eigenvalue weighted by atomic mass is 9.97. The van der Waals surface area contributed by atoms with Crippen molar-refractivity contribution in [2.45, 2.75) is 61.7 Å². The van der Waals surface area contributed by atoms with Gasteiger partial charge in [0.2, 0.25) is 18.3 Å². The van der Waals surface area contributed by atoms with Crippen LogP contribution in [-0.4, -0.2) is 140 Å². The van der Waals surface area contributed by atoms with Gasteiger partial charge in [-0.05, 0) is 48.5 Å². The average Bonchev–Trinajstić information content (AvgIpc) is 3.61. The van der Waals surface area contributed by atoms with Crippen LogP contribution in [0, 0.1) is 0 Å². The molecule has 22 nitrogen and oxygen atoms in total. The molecule has 3 saturated heterocycles. The zero-order valence-electron chi connectivity index (χ0n) is 34.8. The Morgan fingerprint density at radius 1 is 0.612 bits per heavy atom. The number of rotatable bonds is 15. The van der Waals surface area contributed by atoms with Crippen LogP contribution in [0.15, 0.2) is 121 Å². The van der Waals surface area contributed by atoms with Gasteiger partial charge in [0.1, 0.15) is 31.0 Å². The maximum absolute atomic E-state index is 13.8. The molecule has 9 atom stereocenters. The average molecular weight is 948 g/mol. The Balaban J connectivity index is 1.17. The predicted octanol–water partition coefficient (Wildman–Crippen LogP) is 1.62. The Bertz CT molecular complexity index is 2540. The highest BCUT2D eigenvalue weighted by molar-refractivity contribution is 7.85. The van der Waals surface area contributed by atoms with Crippen LogP contribution in [0.2, 0.25) is 0 Å². The summed E-state index contributed by atoms with van der Waals surface area (Å²) in [5, 5.41) is 23.2. The fourth-order valence-corrected chi connectivity index (χ4v) is 7.61.